The Morgan fingerprint density at radius 3 is 2.42 bits per heavy atom. The van der Waals surface area contributed by atoms with Crippen LogP contribution < -0.4 is 0 Å². The smallest absolute Gasteiger partial charge is 0.162 e. The molecule has 1 aliphatic rings. The lowest BCUT2D eigenvalue weighted by atomic mass is 10.1. The van der Waals surface area contributed by atoms with E-state index in [4.69, 9.17) is 4.74 Å². The SMILES string of the molecule is CCCCN(C=C1CC=CC(OC)=C1O)CCCC. The minimum absolute atomic E-state index is 0.281. The highest BCUT2D eigenvalue weighted by Crippen LogP contribution is 2.23. The van der Waals surface area contributed by atoms with Crippen molar-refractivity contribution in [2.45, 2.75) is 46.0 Å². The first-order valence-corrected chi connectivity index (χ1v) is 7.31. The fourth-order valence-electron chi connectivity index (χ4n) is 2.09. The first kappa shape index (κ1) is 15.7. The summed E-state index contributed by atoms with van der Waals surface area (Å²) in [6.07, 6.45) is 11.5. The number of aliphatic hydroxyl groups is 1. The normalized spacial score (nSPS) is 17.1. The quantitative estimate of drug-likeness (QED) is 0.715. The van der Waals surface area contributed by atoms with Gasteiger partial charge in [-0.2, -0.15) is 0 Å². The molecule has 19 heavy (non-hydrogen) atoms. The molecule has 3 nitrogen and oxygen atoms in total. The molecule has 0 heterocycles. The van der Waals surface area contributed by atoms with E-state index in [9.17, 15) is 5.11 Å². The third-order valence-electron chi connectivity index (χ3n) is 3.30. The Morgan fingerprint density at radius 2 is 1.89 bits per heavy atom. The molecule has 1 aliphatic carbocycles. The molecule has 0 aromatic heterocycles. The largest absolute Gasteiger partial charge is 0.504 e. The van der Waals surface area contributed by atoms with E-state index >= 15 is 0 Å². The zero-order valence-corrected chi connectivity index (χ0v) is 12.5. The number of hydrogen-bond donors (Lipinski definition) is 1. The van der Waals surface area contributed by atoms with E-state index in [0.29, 0.717) is 5.76 Å². The summed E-state index contributed by atoms with van der Waals surface area (Å²) in [5.74, 6) is 0.839. The first-order valence-electron chi connectivity index (χ1n) is 7.31. The maximum absolute atomic E-state index is 10.1. The van der Waals surface area contributed by atoms with Crippen LogP contribution in [0.1, 0.15) is 46.0 Å². The number of methoxy groups -OCH3 is 1. The van der Waals surface area contributed by atoms with Crippen molar-refractivity contribution in [1.29, 1.82) is 0 Å². The highest BCUT2D eigenvalue weighted by molar-refractivity contribution is 5.37. The van der Waals surface area contributed by atoms with Gasteiger partial charge < -0.3 is 14.7 Å². The number of allylic oxidation sites excluding steroid dienone is 3. The van der Waals surface area contributed by atoms with Crippen LogP contribution in [0.2, 0.25) is 0 Å². The lowest BCUT2D eigenvalue weighted by molar-refractivity contribution is 0.268. The molecule has 0 aliphatic heterocycles. The van der Waals surface area contributed by atoms with Crippen molar-refractivity contribution in [1.82, 2.24) is 4.90 Å². The fraction of sp³-hybridized carbons (Fsp3) is 0.625. The third-order valence-corrected chi connectivity index (χ3v) is 3.30. The summed E-state index contributed by atoms with van der Waals surface area (Å²) in [6, 6.07) is 0. The van der Waals surface area contributed by atoms with Crippen LogP contribution in [0.15, 0.2) is 35.4 Å². The number of rotatable bonds is 8. The Morgan fingerprint density at radius 1 is 1.26 bits per heavy atom. The molecule has 0 saturated carbocycles. The summed E-state index contributed by atoms with van der Waals surface area (Å²) < 4.78 is 5.16. The summed E-state index contributed by atoms with van der Waals surface area (Å²) in [7, 11) is 1.59. The number of nitrogens with zero attached hydrogens (tertiary/aromatic N) is 1. The lowest BCUT2D eigenvalue weighted by Crippen LogP contribution is -2.21. The minimum atomic E-state index is 0.281. The van der Waals surface area contributed by atoms with Gasteiger partial charge in [0.05, 0.1) is 7.11 Å². The van der Waals surface area contributed by atoms with Gasteiger partial charge in [0.1, 0.15) is 0 Å². The second kappa shape index (κ2) is 8.68. The van der Waals surface area contributed by atoms with Gasteiger partial charge in [-0.15, -0.1) is 0 Å². The Balaban J connectivity index is 2.76. The zero-order chi connectivity index (χ0) is 14.1. The van der Waals surface area contributed by atoms with Crippen molar-refractivity contribution >= 4 is 0 Å². The Bertz CT molecular complexity index is 348. The number of hydrogen-bond acceptors (Lipinski definition) is 3. The van der Waals surface area contributed by atoms with Crippen LogP contribution in [-0.2, 0) is 4.74 Å². The van der Waals surface area contributed by atoms with Crippen molar-refractivity contribution in [3.05, 3.63) is 35.4 Å². The monoisotopic (exact) mass is 265 g/mol. The summed E-state index contributed by atoms with van der Waals surface area (Å²) in [5.41, 5.74) is 0.951. The van der Waals surface area contributed by atoms with E-state index in [1.54, 1.807) is 7.11 Å². The average molecular weight is 265 g/mol. The van der Waals surface area contributed by atoms with E-state index in [0.717, 1.165) is 25.1 Å². The lowest BCUT2D eigenvalue weighted by Gasteiger charge is -2.23. The molecule has 108 valence electrons. The van der Waals surface area contributed by atoms with E-state index in [-0.39, 0.29) is 5.76 Å². The molecule has 0 radical (unpaired) electrons. The van der Waals surface area contributed by atoms with E-state index in [2.05, 4.69) is 24.9 Å². The molecule has 0 amide bonds. The van der Waals surface area contributed by atoms with Crippen LogP contribution in [0, 0.1) is 0 Å². The molecule has 0 atom stereocenters. The average Bonchev–Trinajstić information content (AvgIpc) is 2.43. The Kier molecular flexibility index (Phi) is 7.16. The highest BCUT2D eigenvalue weighted by atomic mass is 16.5. The van der Waals surface area contributed by atoms with Gasteiger partial charge in [0, 0.05) is 24.9 Å². The van der Waals surface area contributed by atoms with Crippen LogP contribution in [0.3, 0.4) is 0 Å². The van der Waals surface area contributed by atoms with Crippen LogP contribution in [0.25, 0.3) is 0 Å². The number of aliphatic hydroxyl groups excluding tert-OH is 1. The molecule has 3 heteroatoms. The van der Waals surface area contributed by atoms with Gasteiger partial charge in [0.25, 0.3) is 0 Å². The third kappa shape index (κ3) is 5.01. The molecule has 1 N–H and O–H groups in total. The van der Waals surface area contributed by atoms with Crippen LogP contribution in [-0.4, -0.2) is 30.2 Å². The second-order valence-corrected chi connectivity index (χ2v) is 4.92. The molecule has 0 aromatic carbocycles. The van der Waals surface area contributed by atoms with Gasteiger partial charge in [-0.1, -0.05) is 32.8 Å². The predicted molar refractivity (Wildman–Crippen MR) is 79.9 cm³/mol. The Labute approximate surface area is 117 Å². The van der Waals surface area contributed by atoms with Gasteiger partial charge in [0.2, 0.25) is 0 Å². The van der Waals surface area contributed by atoms with E-state index in [1.165, 1.54) is 25.7 Å². The molecule has 0 saturated heterocycles. The molecule has 1 rings (SSSR count). The summed E-state index contributed by atoms with van der Waals surface area (Å²) >= 11 is 0. The number of ether oxygens (including phenoxy) is 1. The summed E-state index contributed by atoms with van der Waals surface area (Å²) in [6.45, 7) is 6.52. The fourth-order valence-corrected chi connectivity index (χ4v) is 2.09. The molecule has 0 spiro atoms. The first-order chi connectivity index (χ1) is 9.22. The van der Waals surface area contributed by atoms with Crippen LogP contribution in [0.4, 0.5) is 0 Å². The van der Waals surface area contributed by atoms with Crippen molar-refractivity contribution in [3.8, 4) is 0 Å². The van der Waals surface area contributed by atoms with Crippen molar-refractivity contribution in [2.24, 2.45) is 0 Å². The summed E-state index contributed by atoms with van der Waals surface area (Å²) in [5, 5.41) is 10.1. The van der Waals surface area contributed by atoms with Crippen molar-refractivity contribution in [3.63, 3.8) is 0 Å². The van der Waals surface area contributed by atoms with Crippen LogP contribution >= 0.6 is 0 Å². The van der Waals surface area contributed by atoms with Gasteiger partial charge >= 0.3 is 0 Å². The van der Waals surface area contributed by atoms with Gasteiger partial charge in [0.15, 0.2) is 11.5 Å². The number of unbranched alkanes of at least 4 members (excludes halogenated alkanes) is 2. The topological polar surface area (TPSA) is 32.7 Å². The molecule has 0 aromatic rings. The molecular weight excluding hydrogens is 238 g/mol. The minimum Gasteiger partial charge on any atom is -0.504 e. The maximum atomic E-state index is 10.1. The molecule has 0 unspecified atom stereocenters. The second-order valence-electron chi connectivity index (χ2n) is 4.92. The molecular formula is C16H27NO2. The van der Waals surface area contributed by atoms with Gasteiger partial charge in [-0.25, -0.2) is 0 Å². The maximum Gasteiger partial charge on any atom is 0.162 e. The molecule has 0 bridgehead atoms. The van der Waals surface area contributed by atoms with E-state index < -0.39 is 0 Å². The predicted octanol–water partition coefficient (Wildman–Crippen LogP) is 4.15. The van der Waals surface area contributed by atoms with Gasteiger partial charge in [-0.05, 0) is 25.3 Å². The standard InChI is InChI=1S/C16H27NO2/c1-4-6-11-17(12-7-5-2)13-14-9-8-10-15(19-3)16(14)18/h8,10,13,18H,4-7,9,11-12H2,1-3H3. The molecule has 0 fully saturated rings. The van der Waals surface area contributed by atoms with Crippen molar-refractivity contribution in [2.75, 3.05) is 20.2 Å². The Hall–Kier alpha value is -1.38. The summed E-state index contributed by atoms with van der Waals surface area (Å²) in [4.78, 5) is 2.32. The zero-order valence-electron chi connectivity index (χ0n) is 12.5. The van der Waals surface area contributed by atoms with Crippen LogP contribution in [0.5, 0.6) is 0 Å². The highest BCUT2D eigenvalue weighted by Gasteiger charge is 2.14. The van der Waals surface area contributed by atoms with Gasteiger partial charge in [-0.3, -0.25) is 0 Å². The van der Waals surface area contributed by atoms with Crippen molar-refractivity contribution < 1.29 is 9.84 Å². The van der Waals surface area contributed by atoms with E-state index in [1.807, 2.05) is 12.2 Å².